The van der Waals surface area contributed by atoms with E-state index in [4.69, 9.17) is 0 Å². The number of likely N-dealkylation sites (N-methyl/N-ethyl adjacent to an activating group) is 1. The number of carbonyl (C=O) groups is 1. The van der Waals surface area contributed by atoms with Crippen molar-refractivity contribution in [2.24, 2.45) is 0 Å². The molecule has 0 fully saturated rings. The highest BCUT2D eigenvalue weighted by atomic mass is 16.2. The summed E-state index contributed by atoms with van der Waals surface area (Å²) in [6.45, 7) is 8.94. The third-order valence-electron chi connectivity index (χ3n) is 2.75. The predicted molar refractivity (Wildman–Crippen MR) is 68.0 cm³/mol. The van der Waals surface area contributed by atoms with Gasteiger partial charge in [0.05, 0.1) is 11.9 Å². The first-order valence-corrected chi connectivity index (χ1v) is 5.95. The van der Waals surface area contributed by atoms with E-state index < -0.39 is 0 Å². The van der Waals surface area contributed by atoms with Crippen LogP contribution in [0.25, 0.3) is 0 Å². The van der Waals surface area contributed by atoms with Crippen LogP contribution in [0.5, 0.6) is 0 Å². The molecule has 0 saturated heterocycles. The van der Waals surface area contributed by atoms with Gasteiger partial charge in [0.15, 0.2) is 0 Å². The van der Waals surface area contributed by atoms with Crippen LogP contribution in [-0.4, -0.2) is 46.8 Å². The van der Waals surface area contributed by atoms with Crippen molar-refractivity contribution in [3.05, 3.63) is 12.4 Å². The second-order valence-electron chi connectivity index (χ2n) is 3.89. The number of nitrogens with zero attached hydrogens (tertiary/aromatic N) is 2. The summed E-state index contributed by atoms with van der Waals surface area (Å²) in [5.41, 5.74) is 0.665. The van der Waals surface area contributed by atoms with Crippen molar-refractivity contribution in [2.45, 2.75) is 26.8 Å². The van der Waals surface area contributed by atoms with Crippen molar-refractivity contribution in [1.82, 2.24) is 20.4 Å². The number of rotatable bonds is 6. The van der Waals surface area contributed by atoms with Gasteiger partial charge in [-0.25, -0.2) is 4.79 Å². The Hall–Kier alpha value is -1.56. The van der Waals surface area contributed by atoms with Gasteiger partial charge in [0.25, 0.3) is 0 Å². The summed E-state index contributed by atoms with van der Waals surface area (Å²) in [6, 6.07) is 0.130. The average molecular weight is 239 g/mol. The monoisotopic (exact) mass is 239 g/mol. The van der Waals surface area contributed by atoms with Crippen LogP contribution in [0.4, 0.5) is 10.5 Å². The van der Waals surface area contributed by atoms with E-state index in [0.717, 1.165) is 13.1 Å². The van der Waals surface area contributed by atoms with E-state index in [1.165, 1.54) is 0 Å². The van der Waals surface area contributed by atoms with E-state index in [-0.39, 0.29) is 6.03 Å². The van der Waals surface area contributed by atoms with E-state index in [9.17, 15) is 4.79 Å². The molecule has 1 heterocycles. The Kier molecular flexibility index (Phi) is 5.48. The molecule has 1 rings (SSSR count). The lowest BCUT2D eigenvalue weighted by Gasteiger charge is -2.26. The van der Waals surface area contributed by atoms with Gasteiger partial charge in [0, 0.05) is 18.8 Å². The third-order valence-corrected chi connectivity index (χ3v) is 2.75. The molecular weight excluding hydrogens is 218 g/mol. The molecule has 0 radical (unpaired) electrons. The molecule has 0 aromatic carbocycles. The lowest BCUT2D eigenvalue weighted by molar-refractivity contribution is 0.220. The quantitative estimate of drug-likeness (QED) is 0.699. The van der Waals surface area contributed by atoms with Crippen LogP contribution in [-0.2, 0) is 0 Å². The average Bonchev–Trinajstić information content (AvgIpc) is 2.81. The zero-order valence-corrected chi connectivity index (χ0v) is 10.7. The number of urea groups is 1. The smallest absolute Gasteiger partial charge is 0.319 e. The number of hydrogen-bond donors (Lipinski definition) is 3. The highest BCUT2D eigenvalue weighted by Crippen LogP contribution is 2.00. The summed E-state index contributed by atoms with van der Waals surface area (Å²) in [7, 11) is 0. The molecule has 2 amide bonds. The maximum atomic E-state index is 11.5. The van der Waals surface area contributed by atoms with E-state index in [0.29, 0.717) is 18.3 Å². The maximum absolute atomic E-state index is 11.5. The molecule has 0 aliphatic carbocycles. The van der Waals surface area contributed by atoms with Crippen LogP contribution in [0.2, 0.25) is 0 Å². The first kappa shape index (κ1) is 13.5. The molecule has 6 nitrogen and oxygen atoms in total. The molecule has 0 spiro atoms. The topological polar surface area (TPSA) is 73.1 Å². The molecule has 1 aromatic rings. The lowest BCUT2D eigenvalue weighted by atomic mass is 10.3. The van der Waals surface area contributed by atoms with Crippen molar-refractivity contribution >= 4 is 11.7 Å². The fourth-order valence-corrected chi connectivity index (χ4v) is 1.71. The van der Waals surface area contributed by atoms with Crippen LogP contribution >= 0.6 is 0 Å². The molecular formula is C11H21N5O. The fraction of sp³-hybridized carbons (Fsp3) is 0.636. The largest absolute Gasteiger partial charge is 0.336 e. The van der Waals surface area contributed by atoms with Gasteiger partial charge in [-0.15, -0.1) is 0 Å². The molecule has 3 N–H and O–H groups in total. The number of nitrogens with one attached hydrogen (secondary N) is 3. The third kappa shape index (κ3) is 4.44. The van der Waals surface area contributed by atoms with Crippen molar-refractivity contribution in [3.63, 3.8) is 0 Å². The lowest BCUT2D eigenvalue weighted by Crippen LogP contribution is -2.43. The van der Waals surface area contributed by atoms with E-state index in [1.54, 1.807) is 12.4 Å². The Labute approximate surface area is 102 Å². The SMILES string of the molecule is CCN(CC)C(C)CNC(=O)Nc1cn[nH]c1. The molecule has 17 heavy (non-hydrogen) atoms. The van der Waals surface area contributed by atoms with Gasteiger partial charge in [0.2, 0.25) is 0 Å². The minimum absolute atomic E-state index is 0.203. The summed E-state index contributed by atoms with van der Waals surface area (Å²) < 4.78 is 0. The summed E-state index contributed by atoms with van der Waals surface area (Å²) in [5, 5.41) is 11.9. The van der Waals surface area contributed by atoms with Gasteiger partial charge >= 0.3 is 6.03 Å². The van der Waals surface area contributed by atoms with E-state index in [2.05, 4.69) is 46.5 Å². The Morgan fingerprint density at radius 2 is 2.24 bits per heavy atom. The fourth-order valence-electron chi connectivity index (χ4n) is 1.71. The second kappa shape index (κ2) is 6.90. The van der Waals surface area contributed by atoms with Gasteiger partial charge in [0.1, 0.15) is 0 Å². The van der Waals surface area contributed by atoms with Crippen molar-refractivity contribution in [1.29, 1.82) is 0 Å². The summed E-state index contributed by atoms with van der Waals surface area (Å²) >= 11 is 0. The predicted octanol–water partition coefficient (Wildman–Crippen LogP) is 1.26. The maximum Gasteiger partial charge on any atom is 0.319 e. The Morgan fingerprint density at radius 3 is 2.76 bits per heavy atom. The number of anilines is 1. The molecule has 1 atom stereocenters. The molecule has 0 saturated carbocycles. The highest BCUT2D eigenvalue weighted by Gasteiger charge is 2.11. The normalized spacial score (nSPS) is 12.5. The van der Waals surface area contributed by atoms with Gasteiger partial charge < -0.3 is 10.6 Å². The summed E-state index contributed by atoms with van der Waals surface area (Å²) in [4.78, 5) is 13.8. The number of H-pyrrole nitrogens is 1. The van der Waals surface area contributed by atoms with E-state index >= 15 is 0 Å². The number of aromatic nitrogens is 2. The second-order valence-corrected chi connectivity index (χ2v) is 3.89. The Bertz CT molecular complexity index is 321. The summed E-state index contributed by atoms with van der Waals surface area (Å²) in [6.07, 6.45) is 3.20. The van der Waals surface area contributed by atoms with Crippen molar-refractivity contribution in [3.8, 4) is 0 Å². The van der Waals surface area contributed by atoms with Gasteiger partial charge in [-0.1, -0.05) is 13.8 Å². The molecule has 96 valence electrons. The highest BCUT2D eigenvalue weighted by molar-refractivity contribution is 5.88. The summed E-state index contributed by atoms with van der Waals surface area (Å²) in [5.74, 6) is 0. The number of aromatic amines is 1. The number of carbonyl (C=O) groups excluding carboxylic acids is 1. The van der Waals surface area contributed by atoms with Gasteiger partial charge in [-0.2, -0.15) is 5.10 Å². The first-order chi connectivity index (χ1) is 8.17. The molecule has 0 aliphatic rings. The number of hydrogen-bond acceptors (Lipinski definition) is 3. The minimum Gasteiger partial charge on any atom is -0.336 e. The van der Waals surface area contributed by atoms with Crippen LogP contribution < -0.4 is 10.6 Å². The van der Waals surface area contributed by atoms with Crippen molar-refractivity contribution in [2.75, 3.05) is 25.0 Å². The van der Waals surface area contributed by atoms with Crippen LogP contribution in [0, 0.1) is 0 Å². The Morgan fingerprint density at radius 1 is 1.53 bits per heavy atom. The van der Waals surface area contributed by atoms with Crippen LogP contribution in [0.15, 0.2) is 12.4 Å². The van der Waals surface area contributed by atoms with Gasteiger partial charge in [-0.3, -0.25) is 10.00 Å². The van der Waals surface area contributed by atoms with Gasteiger partial charge in [-0.05, 0) is 20.0 Å². The molecule has 0 aliphatic heterocycles. The zero-order valence-electron chi connectivity index (χ0n) is 10.7. The molecule has 1 unspecified atom stereocenters. The van der Waals surface area contributed by atoms with E-state index in [1.807, 2.05) is 0 Å². The molecule has 1 aromatic heterocycles. The number of amides is 2. The Balaban J connectivity index is 2.28. The van der Waals surface area contributed by atoms with Crippen molar-refractivity contribution < 1.29 is 4.79 Å². The zero-order chi connectivity index (χ0) is 12.7. The molecule has 0 bridgehead atoms. The minimum atomic E-state index is -0.203. The van der Waals surface area contributed by atoms with Crippen LogP contribution in [0.3, 0.4) is 0 Å². The first-order valence-electron chi connectivity index (χ1n) is 5.95. The molecule has 6 heteroatoms. The van der Waals surface area contributed by atoms with Crippen LogP contribution in [0.1, 0.15) is 20.8 Å². The standard InChI is InChI=1S/C11H21N5O/c1-4-16(5-2)9(3)6-12-11(17)15-10-7-13-14-8-10/h7-9H,4-6H2,1-3H3,(H,13,14)(H2,12,15,17).